The van der Waals surface area contributed by atoms with Crippen molar-refractivity contribution < 1.29 is 12.6 Å². The second-order valence-corrected chi connectivity index (χ2v) is 4.35. The molecule has 14 heavy (non-hydrogen) atoms. The van der Waals surface area contributed by atoms with Crippen LogP contribution >= 0.6 is 0 Å². The number of terminal acetylenes is 1. The van der Waals surface area contributed by atoms with E-state index >= 15 is 0 Å². The zero-order valence-electron chi connectivity index (χ0n) is 7.73. The molecular weight excluding hydrogens is 200 g/mol. The van der Waals surface area contributed by atoms with Crippen molar-refractivity contribution in [2.75, 3.05) is 6.61 Å². The van der Waals surface area contributed by atoms with Crippen LogP contribution in [-0.4, -0.2) is 15.0 Å². The van der Waals surface area contributed by atoms with E-state index in [1.807, 2.05) is 6.92 Å². The Hall–Kier alpha value is -1.31. The third-order valence-corrected chi connectivity index (χ3v) is 2.88. The van der Waals surface area contributed by atoms with Crippen LogP contribution in [0, 0.1) is 19.3 Å². The fourth-order valence-corrected chi connectivity index (χ4v) is 1.71. The smallest absolute Gasteiger partial charge is 0.253 e. The summed E-state index contributed by atoms with van der Waals surface area (Å²) in [5.41, 5.74) is 0.987. The molecule has 0 bridgehead atoms. The van der Waals surface area contributed by atoms with Gasteiger partial charge in [-0.1, -0.05) is 23.6 Å². The summed E-state index contributed by atoms with van der Waals surface area (Å²) in [7, 11) is -3.68. The second-order valence-electron chi connectivity index (χ2n) is 2.73. The lowest BCUT2D eigenvalue weighted by Crippen LogP contribution is -2.06. The van der Waals surface area contributed by atoms with Gasteiger partial charge in [0.15, 0.2) is 0 Å². The summed E-state index contributed by atoms with van der Waals surface area (Å²) in [6.07, 6.45) is 4.90. The third-order valence-electron chi connectivity index (χ3n) is 1.61. The lowest BCUT2D eigenvalue weighted by atomic mass is 10.2. The van der Waals surface area contributed by atoms with Gasteiger partial charge < -0.3 is 0 Å². The normalized spacial score (nSPS) is 10.9. The van der Waals surface area contributed by atoms with Gasteiger partial charge in [-0.05, 0) is 19.1 Å². The summed E-state index contributed by atoms with van der Waals surface area (Å²) in [4.78, 5) is 0.123. The average molecular weight is 210 g/mol. The van der Waals surface area contributed by atoms with E-state index in [9.17, 15) is 8.42 Å². The molecule has 0 N–H and O–H groups in total. The SMILES string of the molecule is C#CCOS(=O)(=O)c1ccc(C)cc1. The molecular formula is C10H10O3S. The Labute approximate surface area is 83.8 Å². The van der Waals surface area contributed by atoms with Gasteiger partial charge in [0, 0.05) is 0 Å². The highest BCUT2D eigenvalue weighted by Crippen LogP contribution is 2.12. The summed E-state index contributed by atoms with van der Waals surface area (Å²) < 4.78 is 27.3. The Morgan fingerprint density at radius 3 is 2.43 bits per heavy atom. The second kappa shape index (κ2) is 4.27. The number of benzene rings is 1. The Kier molecular flexibility index (Phi) is 3.28. The summed E-state index contributed by atoms with van der Waals surface area (Å²) >= 11 is 0. The molecule has 0 heterocycles. The molecule has 74 valence electrons. The number of hydrogen-bond acceptors (Lipinski definition) is 3. The highest BCUT2D eigenvalue weighted by atomic mass is 32.2. The summed E-state index contributed by atoms with van der Waals surface area (Å²) in [6, 6.07) is 6.38. The fraction of sp³-hybridized carbons (Fsp3) is 0.200. The first-order valence-electron chi connectivity index (χ1n) is 3.96. The van der Waals surface area contributed by atoms with Crippen LogP contribution in [-0.2, 0) is 14.3 Å². The Morgan fingerprint density at radius 2 is 1.93 bits per heavy atom. The van der Waals surface area contributed by atoms with Crippen LogP contribution in [0.5, 0.6) is 0 Å². The van der Waals surface area contributed by atoms with E-state index in [2.05, 4.69) is 10.1 Å². The maximum Gasteiger partial charge on any atom is 0.297 e. The van der Waals surface area contributed by atoms with Gasteiger partial charge in [0.2, 0.25) is 0 Å². The zero-order valence-corrected chi connectivity index (χ0v) is 8.54. The Bertz CT molecular complexity index is 437. The highest BCUT2D eigenvalue weighted by Gasteiger charge is 2.13. The van der Waals surface area contributed by atoms with Gasteiger partial charge >= 0.3 is 0 Å². The highest BCUT2D eigenvalue weighted by molar-refractivity contribution is 7.86. The molecule has 0 aliphatic carbocycles. The summed E-state index contributed by atoms with van der Waals surface area (Å²) in [6.45, 7) is 1.63. The van der Waals surface area contributed by atoms with E-state index in [4.69, 9.17) is 6.42 Å². The minimum absolute atomic E-state index is 0.123. The zero-order chi connectivity index (χ0) is 10.6. The van der Waals surface area contributed by atoms with Crippen molar-refractivity contribution in [3.63, 3.8) is 0 Å². The summed E-state index contributed by atoms with van der Waals surface area (Å²) in [5.74, 6) is 2.10. The molecule has 0 aliphatic heterocycles. The minimum atomic E-state index is -3.68. The van der Waals surface area contributed by atoms with Gasteiger partial charge in [0.1, 0.15) is 6.61 Å². The monoisotopic (exact) mass is 210 g/mol. The van der Waals surface area contributed by atoms with Crippen LogP contribution in [0.15, 0.2) is 29.2 Å². The van der Waals surface area contributed by atoms with Gasteiger partial charge in [-0.3, -0.25) is 4.18 Å². The molecule has 1 rings (SSSR count). The van der Waals surface area contributed by atoms with Gasteiger partial charge in [-0.15, -0.1) is 6.42 Å². The minimum Gasteiger partial charge on any atom is -0.253 e. The molecule has 1 aromatic rings. The fourth-order valence-electron chi connectivity index (χ4n) is 0.885. The first kappa shape index (κ1) is 10.8. The Morgan fingerprint density at radius 1 is 1.36 bits per heavy atom. The standard InChI is InChI=1S/C10H10O3S/c1-3-8-13-14(11,12)10-6-4-9(2)5-7-10/h1,4-7H,8H2,2H3. The molecule has 0 radical (unpaired) electrons. The molecule has 0 saturated carbocycles. The molecule has 0 atom stereocenters. The number of aryl methyl sites for hydroxylation is 1. The molecule has 0 spiro atoms. The molecule has 0 fully saturated rings. The molecule has 0 aromatic heterocycles. The van der Waals surface area contributed by atoms with Gasteiger partial charge in [-0.2, -0.15) is 8.42 Å². The van der Waals surface area contributed by atoms with Gasteiger partial charge in [-0.25, -0.2) is 0 Å². The van der Waals surface area contributed by atoms with Crippen molar-refractivity contribution in [1.29, 1.82) is 0 Å². The maximum absolute atomic E-state index is 11.4. The molecule has 0 saturated heterocycles. The van der Waals surface area contributed by atoms with Gasteiger partial charge in [0.25, 0.3) is 10.1 Å². The maximum atomic E-state index is 11.4. The topological polar surface area (TPSA) is 43.4 Å². The molecule has 4 heteroatoms. The van der Waals surface area contributed by atoms with Crippen molar-refractivity contribution in [3.8, 4) is 12.3 Å². The van der Waals surface area contributed by atoms with Crippen LogP contribution in [0.3, 0.4) is 0 Å². The van der Waals surface area contributed by atoms with Crippen LogP contribution in [0.4, 0.5) is 0 Å². The lowest BCUT2D eigenvalue weighted by Gasteiger charge is -2.02. The van der Waals surface area contributed by atoms with Crippen molar-refractivity contribution >= 4 is 10.1 Å². The van der Waals surface area contributed by atoms with Crippen molar-refractivity contribution in [2.45, 2.75) is 11.8 Å². The first-order valence-corrected chi connectivity index (χ1v) is 5.36. The average Bonchev–Trinajstić information content (AvgIpc) is 2.16. The van der Waals surface area contributed by atoms with Gasteiger partial charge in [0.05, 0.1) is 4.90 Å². The van der Waals surface area contributed by atoms with Crippen LogP contribution in [0.2, 0.25) is 0 Å². The van der Waals surface area contributed by atoms with E-state index in [1.165, 1.54) is 12.1 Å². The van der Waals surface area contributed by atoms with Crippen LogP contribution in [0.1, 0.15) is 5.56 Å². The lowest BCUT2D eigenvalue weighted by molar-refractivity contribution is 0.363. The van der Waals surface area contributed by atoms with E-state index in [0.29, 0.717) is 0 Å². The first-order chi connectivity index (χ1) is 6.56. The predicted molar refractivity (Wildman–Crippen MR) is 53.1 cm³/mol. The number of hydrogen-bond donors (Lipinski definition) is 0. The van der Waals surface area contributed by atoms with Crippen LogP contribution < -0.4 is 0 Å². The third kappa shape index (κ3) is 2.59. The quantitative estimate of drug-likeness (QED) is 0.558. The molecule has 0 unspecified atom stereocenters. The van der Waals surface area contributed by atoms with Crippen LogP contribution in [0.25, 0.3) is 0 Å². The number of rotatable bonds is 3. The summed E-state index contributed by atoms with van der Waals surface area (Å²) in [5, 5.41) is 0. The molecule has 3 nitrogen and oxygen atoms in total. The largest absolute Gasteiger partial charge is 0.297 e. The predicted octanol–water partition coefficient (Wildman–Crippen LogP) is 1.33. The van der Waals surface area contributed by atoms with Crippen molar-refractivity contribution in [1.82, 2.24) is 0 Å². The van der Waals surface area contributed by atoms with E-state index in [0.717, 1.165) is 5.56 Å². The van der Waals surface area contributed by atoms with Crippen molar-refractivity contribution in [2.24, 2.45) is 0 Å². The molecule has 1 aromatic carbocycles. The Balaban J connectivity index is 2.94. The van der Waals surface area contributed by atoms with E-state index < -0.39 is 10.1 Å². The van der Waals surface area contributed by atoms with Crippen molar-refractivity contribution in [3.05, 3.63) is 29.8 Å². The molecule has 0 aliphatic rings. The van der Waals surface area contributed by atoms with E-state index in [-0.39, 0.29) is 11.5 Å². The van der Waals surface area contributed by atoms with E-state index in [1.54, 1.807) is 12.1 Å². The molecule has 0 amide bonds.